The molecule has 0 radical (unpaired) electrons. The molecule has 7 heteroatoms. The van der Waals surface area contributed by atoms with Gasteiger partial charge in [0.2, 0.25) is 5.91 Å². The van der Waals surface area contributed by atoms with Gasteiger partial charge in [-0.15, -0.1) is 0 Å². The first-order valence-electron chi connectivity index (χ1n) is 6.73. The van der Waals surface area contributed by atoms with E-state index in [2.05, 4.69) is 11.3 Å². The summed E-state index contributed by atoms with van der Waals surface area (Å²) in [7, 11) is 3.50. The lowest BCUT2D eigenvalue weighted by Gasteiger charge is -2.24. The highest BCUT2D eigenvalue weighted by Crippen LogP contribution is 2.38. The molecule has 0 aliphatic heterocycles. The molecule has 0 aliphatic carbocycles. The molecular formula is C13H24N4O2S. The van der Waals surface area contributed by atoms with Gasteiger partial charge >= 0.3 is 0 Å². The van der Waals surface area contributed by atoms with Gasteiger partial charge in [-0.3, -0.25) is 4.79 Å². The van der Waals surface area contributed by atoms with E-state index in [-0.39, 0.29) is 12.0 Å². The van der Waals surface area contributed by atoms with Gasteiger partial charge in [0, 0.05) is 20.6 Å². The zero-order chi connectivity index (χ0) is 15.3. The molecule has 0 fully saturated rings. The van der Waals surface area contributed by atoms with E-state index in [4.69, 9.17) is 10.5 Å². The Labute approximate surface area is 124 Å². The minimum absolute atomic E-state index is 0.0143. The van der Waals surface area contributed by atoms with Gasteiger partial charge in [0.25, 0.3) is 0 Å². The van der Waals surface area contributed by atoms with Crippen LogP contribution in [-0.4, -0.2) is 48.5 Å². The maximum Gasteiger partial charge on any atom is 0.241 e. The summed E-state index contributed by atoms with van der Waals surface area (Å²) in [4.78, 5) is 15.5. The fourth-order valence-electron chi connectivity index (χ4n) is 1.66. The summed E-state index contributed by atoms with van der Waals surface area (Å²) in [6.45, 7) is 7.01. The second-order valence-corrected chi connectivity index (χ2v) is 5.83. The molecule has 0 saturated carbocycles. The molecule has 0 saturated heterocycles. The standard InChI is InChI=1S/C13H24N4O2S/c1-6-7-17(8-10(18)16(4)5)13-11(19-9(2)3)12(14)15-20-13/h9H,6-8H2,1-5H3,(H2,14,15). The highest BCUT2D eigenvalue weighted by atomic mass is 32.1. The zero-order valence-electron chi connectivity index (χ0n) is 12.8. The van der Waals surface area contributed by atoms with Crippen molar-refractivity contribution in [3.05, 3.63) is 0 Å². The van der Waals surface area contributed by atoms with Gasteiger partial charge in [-0.2, -0.15) is 4.37 Å². The Morgan fingerprint density at radius 2 is 2.10 bits per heavy atom. The number of carbonyl (C=O) groups excluding carboxylic acids is 1. The third-order valence-corrected chi connectivity index (χ3v) is 3.52. The SMILES string of the molecule is CCCN(CC(=O)N(C)C)c1snc(N)c1OC(C)C. The summed E-state index contributed by atoms with van der Waals surface area (Å²) in [5.41, 5.74) is 5.87. The largest absolute Gasteiger partial charge is 0.484 e. The van der Waals surface area contributed by atoms with Crippen LogP contribution in [0.4, 0.5) is 10.8 Å². The molecule has 1 aromatic heterocycles. The van der Waals surface area contributed by atoms with Crippen LogP contribution in [0.15, 0.2) is 0 Å². The van der Waals surface area contributed by atoms with Crippen molar-refractivity contribution in [1.29, 1.82) is 0 Å². The number of rotatable bonds is 7. The van der Waals surface area contributed by atoms with Crippen LogP contribution in [0.5, 0.6) is 5.75 Å². The van der Waals surface area contributed by atoms with E-state index < -0.39 is 0 Å². The van der Waals surface area contributed by atoms with Crippen LogP contribution in [-0.2, 0) is 4.79 Å². The number of nitrogens with two attached hydrogens (primary N) is 1. The predicted molar refractivity (Wildman–Crippen MR) is 83.5 cm³/mol. The van der Waals surface area contributed by atoms with Crippen LogP contribution >= 0.6 is 11.5 Å². The lowest BCUT2D eigenvalue weighted by molar-refractivity contribution is -0.127. The van der Waals surface area contributed by atoms with E-state index >= 15 is 0 Å². The van der Waals surface area contributed by atoms with Crippen molar-refractivity contribution in [1.82, 2.24) is 9.27 Å². The van der Waals surface area contributed by atoms with Gasteiger partial charge < -0.3 is 20.3 Å². The highest BCUT2D eigenvalue weighted by Gasteiger charge is 2.22. The molecule has 0 bridgehead atoms. The van der Waals surface area contributed by atoms with Crippen LogP contribution in [0.3, 0.4) is 0 Å². The summed E-state index contributed by atoms with van der Waals surface area (Å²) in [5, 5.41) is 0.827. The number of nitrogens with zero attached hydrogens (tertiary/aromatic N) is 3. The quantitative estimate of drug-likeness (QED) is 0.831. The molecule has 1 heterocycles. The predicted octanol–water partition coefficient (Wildman–Crippen LogP) is 1.82. The van der Waals surface area contributed by atoms with Gasteiger partial charge in [-0.05, 0) is 31.8 Å². The normalized spacial score (nSPS) is 10.7. The Bertz CT molecular complexity index is 446. The van der Waals surface area contributed by atoms with Crippen LogP contribution in [0.1, 0.15) is 27.2 Å². The van der Waals surface area contributed by atoms with Crippen molar-refractivity contribution in [2.24, 2.45) is 0 Å². The smallest absolute Gasteiger partial charge is 0.241 e. The molecule has 1 aromatic rings. The average Bonchev–Trinajstić information content (AvgIpc) is 2.69. The van der Waals surface area contributed by atoms with E-state index in [0.717, 1.165) is 18.0 Å². The van der Waals surface area contributed by atoms with Gasteiger partial charge in [0.1, 0.15) is 0 Å². The zero-order valence-corrected chi connectivity index (χ0v) is 13.7. The topological polar surface area (TPSA) is 71.7 Å². The first-order chi connectivity index (χ1) is 9.36. The maximum absolute atomic E-state index is 11.9. The molecule has 1 rings (SSSR count). The second-order valence-electron chi connectivity index (χ2n) is 5.08. The maximum atomic E-state index is 11.9. The number of ether oxygens (including phenoxy) is 1. The Balaban J connectivity index is 2.99. The number of anilines is 2. The molecule has 1 amide bonds. The van der Waals surface area contributed by atoms with E-state index in [9.17, 15) is 4.79 Å². The molecule has 0 aromatic carbocycles. The molecule has 0 unspecified atom stereocenters. The number of amides is 1. The lowest BCUT2D eigenvalue weighted by Crippen LogP contribution is -2.37. The minimum Gasteiger partial charge on any atom is -0.484 e. The van der Waals surface area contributed by atoms with Gasteiger partial charge in [-0.25, -0.2) is 0 Å². The summed E-state index contributed by atoms with van der Waals surface area (Å²) in [6, 6.07) is 0. The van der Waals surface area contributed by atoms with E-state index in [0.29, 0.717) is 18.1 Å². The number of nitrogen functional groups attached to an aromatic ring is 1. The molecule has 114 valence electrons. The Morgan fingerprint density at radius 3 is 2.60 bits per heavy atom. The third-order valence-electron chi connectivity index (χ3n) is 2.62. The number of hydrogen-bond donors (Lipinski definition) is 1. The van der Waals surface area contributed by atoms with Gasteiger partial charge in [0.15, 0.2) is 16.6 Å². The first kappa shape index (κ1) is 16.6. The van der Waals surface area contributed by atoms with Crippen molar-refractivity contribution in [3.63, 3.8) is 0 Å². The second kappa shape index (κ2) is 7.33. The van der Waals surface area contributed by atoms with Crippen LogP contribution in [0.2, 0.25) is 0 Å². The lowest BCUT2D eigenvalue weighted by atomic mass is 10.3. The molecule has 20 heavy (non-hydrogen) atoms. The summed E-state index contributed by atoms with van der Waals surface area (Å²) >= 11 is 1.28. The van der Waals surface area contributed by atoms with Gasteiger partial charge in [-0.1, -0.05) is 6.92 Å². The monoisotopic (exact) mass is 300 g/mol. The number of hydrogen-bond acceptors (Lipinski definition) is 6. The third kappa shape index (κ3) is 4.26. The molecule has 0 atom stereocenters. The highest BCUT2D eigenvalue weighted by molar-refractivity contribution is 7.11. The fourth-order valence-corrected chi connectivity index (χ4v) is 2.43. The number of aromatic nitrogens is 1. The number of likely N-dealkylation sites (N-methyl/N-ethyl adjacent to an activating group) is 1. The summed E-state index contributed by atoms with van der Waals surface area (Å²) in [5.74, 6) is 1.02. The van der Waals surface area contributed by atoms with Crippen LogP contribution in [0, 0.1) is 0 Å². The van der Waals surface area contributed by atoms with Crippen LogP contribution < -0.4 is 15.4 Å². The molecule has 6 nitrogen and oxygen atoms in total. The molecule has 2 N–H and O–H groups in total. The van der Waals surface area contributed by atoms with E-state index in [1.807, 2.05) is 18.7 Å². The Morgan fingerprint density at radius 1 is 1.45 bits per heavy atom. The van der Waals surface area contributed by atoms with E-state index in [1.54, 1.807) is 19.0 Å². The minimum atomic E-state index is 0.0143. The summed E-state index contributed by atoms with van der Waals surface area (Å²) < 4.78 is 9.89. The first-order valence-corrected chi connectivity index (χ1v) is 7.51. The van der Waals surface area contributed by atoms with Crippen LogP contribution in [0.25, 0.3) is 0 Å². The van der Waals surface area contributed by atoms with Crippen molar-refractivity contribution in [2.75, 3.05) is 37.8 Å². The number of carbonyl (C=O) groups is 1. The molecule has 0 aliphatic rings. The molecular weight excluding hydrogens is 276 g/mol. The van der Waals surface area contributed by atoms with Crippen molar-refractivity contribution in [2.45, 2.75) is 33.3 Å². The van der Waals surface area contributed by atoms with Gasteiger partial charge in [0.05, 0.1) is 12.6 Å². The van der Waals surface area contributed by atoms with E-state index in [1.165, 1.54) is 11.5 Å². The Hall–Kier alpha value is -1.50. The fraction of sp³-hybridized carbons (Fsp3) is 0.692. The van der Waals surface area contributed by atoms with Crippen molar-refractivity contribution in [3.8, 4) is 5.75 Å². The average molecular weight is 300 g/mol. The van der Waals surface area contributed by atoms with Crippen molar-refractivity contribution < 1.29 is 9.53 Å². The summed E-state index contributed by atoms with van der Waals surface area (Å²) in [6.07, 6.45) is 0.945. The molecule has 0 spiro atoms. The Kier molecular flexibility index (Phi) is 6.06. The van der Waals surface area contributed by atoms with Crippen molar-refractivity contribution >= 4 is 28.3 Å².